The SMILES string of the molecule is CC(C)N1CCC(C(=O)Nc2c(O)cc(Cl)cc2C(=O)Nc2ccc(Cl)cn2)CC1. The number of likely N-dealkylation sites (tertiary alicyclic amines) is 1. The molecule has 30 heavy (non-hydrogen) atoms. The van der Waals surface area contributed by atoms with Crippen molar-refractivity contribution in [2.45, 2.75) is 32.7 Å². The minimum absolute atomic E-state index is 0.0298. The summed E-state index contributed by atoms with van der Waals surface area (Å²) in [7, 11) is 0. The second kappa shape index (κ2) is 9.64. The molecule has 0 bridgehead atoms. The highest BCUT2D eigenvalue weighted by molar-refractivity contribution is 6.31. The van der Waals surface area contributed by atoms with Crippen molar-refractivity contribution in [2.24, 2.45) is 5.92 Å². The fourth-order valence-corrected chi connectivity index (χ4v) is 3.76. The maximum Gasteiger partial charge on any atom is 0.259 e. The van der Waals surface area contributed by atoms with E-state index in [-0.39, 0.29) is 39.7 Å². The molecule has 9 heteroatoms. The van der Waals surface area contributed by atoms with Crippen LogP contribution < -0.4 is 10.6 Å². The van der Waals surface area contributed by atoms with E-state index in [0.29, 0.717) is 23.9 Å². The molecule has 0 spiro atoms. The molecule has 1 aromatic heterocycles. The number of aromatic nitrogens is 1. The molecule has 1 saturated heterocycles. The van der Waals surface area contributed by atoms with Gasteiger partial charge in [0.05, 0.1) is 16.3 Å². The number of nitrogens with zero attached hydrogens (tertiary/aromatic N) is 2. The van der Waals surface area contributed by atoms with Gasteiger partial charge in [-0.25, -0.2) is 4.98 Å². The molecular formula is C21H24Cl2N4O3. The molecular weight excluding hydrogens is 427 g/mol. The Balaban J connectivity index is 1.77. The molecule has 1 fully saturated rings. The van der Waals surface area contributed by atoms with E-state index in [2.05, 4.69) is 34.4 Å². The number of phenols is 1. The van der Waals surface area contributed by atoms with Gasteiger partial charge in [0.2, 0.25) is 5.91 Å². The predicted octanol–water partition coefficient (Wildman–Crippen LogP) is 4.41. The molecule has 2 amide bonds. The van der Waals surface area contributed by atoms with Crippen molar-refractivity contribution in [2.75, 3.05) is 23.7 Å². The van der Waals surface area contributed by atoms with Crippen molar-refractivity contribution < 1.29 is 14.7 Å². The Morgan fingerprint density at radius 2 is 1.83 bits per heavy atom. The molecule has 0 radical (unpaired) electrons. The zero-order chi connectivity index (χ0) is 21.8. The third-order valence-electron chi connectivity index (χ3n) is 5.17. The van der Waals surface area contributed by atoms with E-state index >= 15 is 0 Å². The smallest absolute Gasteiger partial charge is 0.259 e. The van der Waals surface area contributed by atoms with Gasteiger partial charge in [0.1, 0.15) is 11.6 Å². The van der Waals surface area contributed by atoms with Gasteiger partial charge in [0.25, 0.3) is 5.91 Å². The van der Waals surface area contributed by atoms with E-state index < -0.39 is 5.91 Å². The average Bonchev–Trinajstić information content (AvgIpc) is 2.71. The van der Waals surface area contributed by atoms with Gasteiger partial charge in [-0.15, -0.1) is 0 Å². The highest BCUT2D eigenvalue weighted by atomic mass is 35.5. The summed E-state index contributed by atoms with van der Waals surface area (Å²) in [6.07, 6.45) is 2.84. The molecule has 7 nitrogen and oxygen atoms in total. The van der Waals surface area contributed by atoms with E-state index in [1.54, 1.807) is 12.1 Å². The van der Waals surface area contributed by atoms with Crippen molar-refractivity contribution in [3.05, 3.63) is 46.1 Å². The van der Waals surface area contributed by atoms with Gasteiger partial charge >= 0.3 is 0 Å². The number of phenolic OH excluding ortho intramolecular Hbond substituents is 1. The molecule has 0 atom stereocenters. The van der Waals surface area contributed by atoms with Gasteiger partial charge in [-0.3, -0.25) is 9.59 Å². The number of nitrogens with one attached hydrogen (secondary N) is 2. The Bertz CT molecular complexity index is 927. The molecule has 0 aliphatic carbocycles. The van der Waals surface area contributed by atoms with Crippen molar-refractivity contribution >= 4 is 46.5 Å². The van der Waals surface area contributed by atoms with Gasteiger partial charge in [0.15, 0.2) is 0 Å². The van der Waals surface area contributed by atoms with Gasteiger partial charge in [-0.1, -0.05) is 23.2 Å². The topological polar surface area (TPSA) is 94.6 Å². The standard InChI is InChI=1S/C21H24Cl2N4O3/c1-12(2)27-7-5-13(6-8-27)20(29)26-19-16(9-15(23)10-17(19)28)21(30)25-18-4-3-14(22)11-24-18/h3-4,9-13,28H,5-8H2,1-2H3,(H,26,29)(H,24,25,30). The van der Waals surface area contributed by atoms with Crippen LogP contribution in [0.4, 0.5) is 11.5 Å². The van der Waals surface area contributed by atoms with Crippen molar-refractivity contribution in [1.82, 2.24) is 9.88 Å². The second-order valence-corrected chi connectivity index (χ2v) is 8.43. The number of carbonyl (C=O) groups is 2. The van der Waals surface area contributed by atoms with Crippen LogP contribution in [0.25, 0.3) is 0 Å². The molecule has 2 heterocycles. The average molecular weight is 451 g/mol. The highest BCUT2D eigenvalue weighted by Crippen LogP contribution is 2.33. The summed E-state index contributed by atoms with van der Waals surface area (Å²) in [6, 6.07) is 6.25. The summed E-state index contributed by atoms with van der Waals surface area (Å²) < 4.78 is 0. The van der Waals surface area contributed by atoms with Crippen molar-refractivity contribution in [3.63, 3.8) is 0 Å². The van der Waals surface area contributed by atoms with E-state index in [4.69, 9.17) is 23.2 Å². The highest BCUT2D eigenvalue weighted by Gasteiger charge is 2.28. The summed E-state index contributed by atoms with van der Waals surface area (Å²) >= 11 is 11.8. The van der Waals surface area contributed by atoms with Crippen LogP contribution in [0, 0.1) is 5.92 Å². The molecule has 1 aliphatic heterocycles. The number of hydrogen-bond donors (Lipinski definition) is 3. The summed E-state index contributed by atoms with van der Waals surface area (Å²) in [5, 5.41) is 16.3. The van der Waals surface area contributed by atoms with Crippen LogP contribution in [0.2, 0.25) is 10.0 Å². The zero-order valence-corrected chi connectivity index (χ0v) is 18.3. The maximum absolute atomic E-state index is 12.8. The minimum atomic E-state index is -0.562. The molecule has 160 valence electrons. The number of halogens is 2. The summed E-state index contributed by atoms with van der Waals surface area (Å²) in [4.78, 5) is 32.0. The first-order valence-corrected chi connectivity index (χ1v) is 10.5. The number of anilines is 2. The Hall–Kier alpha value is -2.35. The van der Waals surface area contributed by atoms with E-state index in [0.717, 1.165) is 13.1 Å². The van der Waals surface area contributed by atoms with Crippen LogP contribution in [0.1, 0.15) is 37.0 Å². The number of rotatable bonds is 5. The lowest BCUT2D eigenvalue weighted by Crippen LogP contribution is -2.41. The van der Waals surface area contributed by atoms with Crippen LogP contribution in [0.5, 0.6) is 5.75 Å². The Morgan fingerprint density at radius 1 is 1.13 bits per heavy atom. The normalized spacial score (nSPS) is 15.2. The quantitative estimate of drug-likeness (QED) is 0.586. The number of pyridine rings is 1. The van der Waals surface area contributed by atoms with Crippen LogP contribution in [0.15, 0.2) is 30.5 Å². The van der Waals surface area contributed by atoms with Crippen LogP contribution >= 0.6 is 23.2 Å². The Labute approximate surface area is 185 Å². The van der Waals surface area contributed by atoms with E-state index in [1.165, 1.54) is 18.3 Å². The molecule has 3 N–H and O–H groups in total. The molecule has 3 rings (SSSR count). The number of aromatic hydroxyl groups is 1. The Kier molecular flexibility index (Phi) is 7.18. The van der Waals surface area contributed by atoms with Crippen molar-refractivity contribution in [1.29, 1.82) is 0 Å². The molecule has 2 aromatic rings. The minimum Gasteiger partial charge on any atom is -0.506 e. The molecule has 0 saturated carbocycles. The van der Waals surface area contributed by atoms with Crippen LogP contribution in [-0.2, 0) is 4.79 Å². The number of amides is 2. The number of hydrogen-bond acceptors (Lipinski definition) is 5. The predicted molar refractivity (Wildman–Crippen MR) is 118 cm³/mol. The lowest BCUT2D eigenvalue weighted by molar-refractivity contribution is -0.121. The lowest BCUT2D eigenvalue weighted by atomic mass is 9.95. The number of benzene rings is 1. The summed E-state index contributed by atoms with van der Waals surface area (Å²) in [5.41, 5.74) is 0.0758. The first kappa shape index (κ1) is 22.3. The first-order chi connectivity index (χ1) is 14.2. The van der Waals surface area contributed by atoms with Crippen LogP contribution in [0.3, 0.4) is 0 Å². The van der Waals surface area contributed by atoms with E-state index in [1.807, 2.05) is 0 Å². The van der Waals surface area contributed by atoms with Crippen molar-refractivity contribution in [3.8, 4) is 5.75 Å². The third kappa shape index (κ3) is 5.41. The Morgan fingerprint density at radius 3 is 2.43 bits per heavy atom. The monoisotopic (exact) mass is 450 g/mol. The van der Waals surface area contributed by atoms with Gasteiger partial charge in [-0.05, 0) is 58.0 Å². The largest absolute Gasteiger partial charge is 0.506 e. The molecule has 1 aromatic carbocycles. The molecule has 0 unspecified atom stereocenters. The fourth-order valence-electron chi connectivity index (χ4n) is 3.44. The first-order valence-electron chi connectivity index (χ1n) is 9.75. The van der Waals surface area contributed by atoms with Gasteiger partial charge < -0.3 is 20.6 Å². The van der Waals surface area contributed by atoms with Gasteiger partial charge in [-0.2, -0.15) is 0 Å². The maximum atomic E-state index is 12.8. The second-order valence-electron chi connectivity index (χ2n) is 7.56. The lowest BCUT2D eigenvalue weighted by Gasteiger charge is -2.34. The van der Waals surface area contributed by atoms with Crippen LogP contribution in [-0.4, -0.2) is 45.9 Å². The van der Waals surface area contributed by atoms with E-state index in [9.17, 15) is 14.7 Å². The fraction of sp³-hybridized carbons (Fsp3) is 0.381. The summed E-state index contributed by atoms with van der Waals surface area (Å²) in [5.74, 6) is -0.974. The summed E-state index contributed by atoms with van der Waals surface area (Å²) in [6.45, 7) is 5.93. The number of piperidine rings is 1. The number of carbonyl (C=O) groups excluding carboxylic acids is 2. The third-order valence-corrected chi connectivity index (χ3v) is 5.62. The zero-order valence-electron chi connectivity index (χ0n) is 16.8. The molecule has 1 aliphatic rings. The van der Waals surface area contributed by atoms with Gasteiger partial charge in [0, 0.05) is 29.2 Å².